The Morgan fingerprint density at radius 3 is 2.58 bits per heavy atom. The van der Waals surface area contributed by atoms with E-state index in [1.54, 1.807) is 0 Å². The van der Waals surface area contributed by atoms with Gasteiger partial charge in [-0.25, -0.2) is 4.79 Å². The van der Waals surface area contributed by atoms with Crippen molar-refractivity contribution in [1.82, 2.24) is 10.2 Å². The lowest BCUT2D eigenvalue weighted by molar-refractivity contribution is 0.0497. The lowest BCUT2D eigenvalue weighted by atomic mass is 9.85. The maximum absolute atomic E-state index is 12.6. The molecule has 3 unspecified atom stereocenters. The van der Waals surface area contributed by atoms with Crippen molar-refractivity contribution in [2.24, 2.45) is 5.92 Å². The lowest BCUT2D eigenvalue weighted by Gasteiger charge is -2.40. The van der Waals surface area contributed by atoms with Crippen molar-refractivity contribution in [2.45, 2.75) is 56.2 Å². The molecule has 0 saturated carbocycles. The molecule has 0 aliphatic carbocycles. The Kier molecular flexibility index (Phi) is 6.48. The Hall–Kier alpha value is -1.67. The van der Waals surface area contributed by atoms with E-state index in [1.165, 1.54) is 0 Å². The highest BCUT2D eigenvalue weighted by molar-refractivity contribution is 7.17. The van der Waals surface area contributed by atoms with Crippen LogP contribution >= 0.6 is 9.24 Å². The van der Waals surface area contributed by atoms with Gasteiger partial charge in [0.05, 0.1) is 18.7 Å². The third-order valence-corrected chi connectivity index (χ3v) is 5.79. The summed E-state index contributed by atoms with van der Waals surface area (Å²) >= 11 is 0. The van der Waals surface area contributed by atoms with Gasteiger partial charge in [0.2, 0.25) is 0 Å². The van der Waals surface area contributed by atoms with Gasteiger partial charge in [-0.3, -0.25) is 5.32 Å². The topological polar surface area (TPSA) is 85.6 Å². The van der Waals surface area contributed by atoms with Gasteiger partial charge in [-0.1, -0.05) is 30.3 Å². The summed E-state index contributed by atoms with van der Waals surface area (Å²) in [4.78, 5) is 14.5. The molecule has 7 heteroatoms. The molecule has 1 amide bonds. The number of rotatable bonds is 6. The van der Waals surface area contributed by atoms with Gasteiger partial charge in [0.25, 0.3) is 0 Å². The Morgan fingerprint density at radius 1 is 1.35 bits per heavy atom. The van der Waals surface area contributed by atoms with E-state index >= 15 is 0 Å². The monoisotopic (exact) mass is 375 g/mol. The quantitative estimate of drug-likeness (QED) is 0.745. The zero-order valence-corrected chi connectivity index (χ0v) is 15.9. The SMILES string of the molecule is N#C[C@@H](N[C@H](P)CO)C1CC2CCC(C1)N2C(=O)OCc1ccccc1. The number of piperidine rings is 1. The average Bonchev–Trinajstić information content (AvgIpc) is 2.94. The number of hydrogen-bond acceptors (Lipinski definition) is 5. The summed E-state index contributed by atoms with van der Waals surface area (Å²) in [6.45, 7) is 0.257. The minimum atomic E-state index is -0.310. The van der Waals surface area contributed by atoms with Gasteiger partial charge in [-0.2, -0.15) is 5.26 Å². The van der Waals surface area contributed by atoms with E-state index < -0.39 is 0 Å². The van der Waals surface area contributed by atoms with Gasteiger partial charge in [-0.15, -0.1) is 9.24 Å². The summed E-state index contributed by atoms with van der Waals surface area (Å²) in [5, 5.41) is 21.9. The first-order chi connectivity index (χ1) is 12.6. The van der Waals surface area contributed by atoms with Crippen molar-refractivity contribution in [1.29, 1.82) is 5.26 Å². The van der Waals surface area contributed by atoms with E-state index in [9.17, 15) is 15.2 Å². The van der Waals surface area contributed by atoms with Gasteiger partial charge in [-0.05, 0) is 37.2 Å². The Morgan fingerprint density at radius 2 is 2.00 bits per heavy atom. The summed E-state index contributed by atoms with van der Waals surface area (Å²) in [5.41, 5.74) is 0.979. The second-order valence-electron chi connectivity index (χ2n) is 7.13. The number of carbonyl (C=O) groups excluding carboxylic acids is 1. The largest absolute Gasteiger partial charge is 0.445 e. The fraction of sp³-hybridized carbons (Fsp3) is 0.579. The second-order valence-corrected chi connectivity index (χ2v) is 7.93. The van der Waals surface area contributed by atoms with Crippen LogP contribution in [0.5, 0.6) is 0 Å². The first-order valence-electron chi connectivity index (χ1n) is 9.13. The highest BCUT2D eigenvalue weighted by Crippen LogP contribution is 2.40. The third kappa shape index (κ3) is 4.35. The molecule has 0 aromatic heterocycles. The van der Waals surface area contributed by atoms with Crippen molar-refractivity contribution in [3.8, 4) is 6.07 Å². The van der Waals surface area contributed by atoms with Gasteiger partial charge in [0.1, 0.15) is 6.61 Å². The molecule has 2 aliphatic rings. The summed E-state index contributed by atoms with van der Waals surface area (Å²) in [7, 11) is 2.51. The molecule has 2 heterocycles. The summed E-state index contributed by atoms with van der Waals surface area (Å²) in [6, 6.07) is 12.0. The van der Waals surface area contributed by atoms with Crippen LogP contribution < -0.4 is 5.32 Å². The number of fused-ring (bicyclic) bond motifs is 2. The number of amides is 1. The van der Waals surface area contributed by atoms with Crippen LogP contribution in [0.15, 0.2) is 30.3 Å². The molecule has 6 nitrogen and oxygen atoms in total. The van der Waals surface area contributed by atoms with E-state index in [2.05, 4.69) is 20.6 Å². The number of ether oxygens (including phenoxy) is 1. The van der Waals surface area contributed by atoms with Crippen LogP contribution in [0.1, 0.15) is 31.2 Å². The molecule has 0 radical (unpaired) electrons. The summed E-state index contributed by atoms with van der Waals surface area (Å²) in [6.07, 6.45) is 3.27. The first-order valence-corrected chi connectivity index (χ1v) is 9.80. The van der Waals surface area contributed by atoms with Crippen LogP contribution in [-0.2, 0) is 11.3 Å². The van der Waals surface area contributed by atoms with Crippen molar-refractivity contribution < 1.29 is 14.6 Å². The van der Waals surface area contributed by atoms with Crippen LogP contribution in [0.25, 0.3) is 0 Å². The Balaban J connectivity index is 1.58. The van der Waals surface area contributed by atoms with E-state index in [-0.39, 0.29) is 49.1 Å². The maximum atomic E-state index is 12.6. The fourth-order valence-electron chi connectivity index (χ4n) is 4.15. The minimum absolute atomic E-state index is 0.0274. The molecule has 26 heavy (non-hydrogen) atoms. The summed E-state index contributed by atoms with van der Waals surface area (Å²) in [5.74, 6) is -0.00329. The van der Waals surface area contributed by atoms with E-state index in [4.69, 9.17) is 4.74 Å². The van der Waals surface area contributed by atoms with Gasteiger partial charge < -0.3 is 14.7 Å². The summed E-state index contributed by atoms with van der Waals surface area (Å²) < 4.78 is 5.52. The predicted molar refractivity (Wildman–Crippen MR) is 101 cm³/mol. The van der Waals surface area contributed by atoms with Crippen LogP contribution in [0.2, 0.25) is 0 Å². The van der Waals surface area contributed by atoms with Crippen molar-refractivity contribution in [3.05, 3.63) is 35.9 Å². The number of benzene rings is 1. The molecule has 2 aliphatic heterocycles. The van der Waals surface area contributed by atoms with Gasteiger partial charge >= 0.3 is 6.09 Å². The van der Waals surface area contributed by atoms with E-state index in [0.717, 1.165) is 31.2 Å². The fourth-order valence-corrected chi connectivity index (χ4v) is 4.35. The molecule has 5 atom stereocenters. The number of carbonyl (C=O) groups is 1. The van der Waals surface area contributed by atoms with E-state index in [0.29, 0.717) is 0 Å². The number of aliphatic hydroxyl groups excluding tert-OH is 1. The number of aliphatic hydroxyl groups is 1. The molecule has 1 aromatic rings. The van der Waals surface area contributed by atoms with E-state index in [1.807, 2.05) is 35.2 Å². The molecule has 0 spiro atoms. The molecule has 2 saturated heterocycles. The molecule has 3 rings (SSSR count). The van der Waals surface area contributed by atoms with Crippen molar-refractivity contribution in [2.75, 3.05) is 6.61 Å². The van der Waals surface area contributed by atoms with Crippen molar-refractivity contribution in [3.63, 3.8) is 0 Å². The average molecular weight is 375 g/mol. The molecular formula is C19H26N3O3P. The molecule has 2 fully saturated rings. The molecule has 140 valence electrons. The highest BCUT2D eigenvalue weighted by Gasteiger charge is 2.46. The predicted octanol–water partition coefficient (Wildman–Crippen LogP) is 2.24. The molecule has 1 aromatic carbocycles. The standard InChI is InChI=1S/C19H26N3O3P/c20-10-17(21-18(26)11-23)14-8-15-6-7-16(9-14)22(15)19(24)25-12-13-4-2-1-3-5-13/h1-5,14-18,21,23H,6-9,11-12,26H2/t14?,15?,16?,17-,18-/m1/s1. The smallest absolute Gasteiger partial charge is 0.410 e. The van der Waals surface area contributed by atoms with Gasteiger partial charge in [0.15, 0.2) is 0 Å². The normalized spacial score (nSPS) is 26.8. The number of hydrogen-bond donors (Lipinski definition) is 2. The Bertz CT molecular complexity index is 637. The second kappa shape index (κ2) is 8.81. The zero-order chi connectivity index (χ0) is 18.5. The lowest BCUT2D eigenvalue weighted by Crippen LogP contribution is -2.51. The van der Waals surface area contributed by atoms with Crippen LogP contribution in [0.4, 0.5) is 4.79 Å². The molecule has 2 bridgehead atoms. The number of nitrogens with one attached hydrogen (secondary N) is 1. The minimum Gasteiger partial charge on any atom is -0.445 e. The van der Waals surface area contributed by atoms with Crippen molar-refractivity contribution >= 4 is 15.3 Å². The maximum Gasteiger partial charge on any atom is 0.410 e. The molecular weight excluding hydrogens is 349 g/mol. The molecule has 2 N–H and O–H groups in total. The highest BCUT2D eigenvalue weighted by atomic mass is 31.0. The van der Waals surface area contributed by atoms with Crippen LogP contribution in [0, 0.1) is 17.2 Å². The zero-order valence-electron chi connectivity index (χ0n) is 14.8. The number of nitriles is 1. The van der Waals surface area contributed by atoms with Crippen LogP contribution in [-0.4, -0.2) is 46.6 Å². The van der Waals surface area contributed by atoms with Crippen LogP contribution in [0.3, 0.4) is 0 Å². The third-order valence-electron chi connectivity index (χ3n) is 5.39. The van der Waals surface area contributed by atoms with Gasteiger partial charge in [0, 0.05) is 17.9 Å². The first kappa shape index (κ1) is 19.1. The number of nitrogens with zero attached hydrogens (tertiary/aromatic N) is 2. The Labute approximate surface area is 156 Å².